The van der Waals surface area contributed by atoms with E-state index in [1.807, 2.05) is 0 Å². The van der Waals surface area contributed by atoms with Crippen molar-refractivity contribution >= 4 is 12.4 Å². The predicted octanol–water partition coefficient (Wildman–Crippen LogP) is 2.03. The van der Waals surface area contributed by atoms with Crippen molar-refractivity contribution < 1.29 is 9.13 Å². The molecule has 0 amide bonds. The van der Waals surface area contributed by atoms with Crippen LogP contribution in [-0.2, 0) is 0 Å². The standard InChI is InChI=1S/C9H10FNO.ClH/c10-6-1-2-7-8(11)3-4-12-9(7)5-6;/h1-2,5,8H,3-4,11H2;1H. The average Bonchev–Trinajstić information content (AvgIpc) is 2.04. The summed E-state index contributed by atoms with van der Waals surface area (Å²) in [6, 6.07) is 4.48. The maximum Gasteiger partial charge on any atom is 0.126 e. The van der Waals surface area contributed by atoms with E-state index in [9.17, 15) is 4.39 Å². The fraction of sp³-hybridized carbons (Fsp3) is 0.333. The molecule has 0 saturated heterocycles. The van der Waals surface area contributed by atoms with Gasteiger partial charge in [-0.2, -0.15) is 0 Å². The van der Waals surface area contributed by atoms with Crippen LogP contribution in [0.4, 0.5) is 4.39 Å². The summed E-state index contributed by atoms with van der Waals surface area (Å²) in [7, 11) is 0. The van der Waals surface area contributed by atoms with Crippen LogP contribution >= 0.6 is 12.4 Å². The molecule has 0 aliphatic carbocycles. The Morgan fingerprint density at radius 1 is 1.46 bits per heavy atom. The van der Waals surface area contributed by atoms with Gasteiger partial charge in [0.2, 0.25) is 0 Å². The van der Waals surface area contributed by atoms with E-state index in [0.29, 0.717) is 12.4 Å². The molecule has 0 bridgehead atoms. The van der Waals surface area contributed by atoms with E-state index in [1.165, 1.54) is 12.1 Å². The number of halogens is 2. The highest BCUT2D eigenvalue weighted by Crippen LogP contribution is 2.30. The molecule has 2 rings (SSSR count). The van der Waals surface area contributed by atoms with Crippen molar-refractivity contribution in [2.75, 3.05) is 6.61 Å². The fourth-order valence-electron chi connectivity index (χ4n) is 1.39. The van der Waals surface area contributed by atoms with Gasteiger partial charge in [-0.3, -0.25) is 0 Å². The molecule has 1 atom stereocenters. The summed E-state index contributed by atoms with van der Waals surface area (Å²) in [5.74, 6) is 0.316. The Labute approximate surface area is 82.3 Å². The lowest BCUT2D eigenvalue weighted by molar-refractivity contribution is 0.267. The van der Waals surface area contributed by atoms with Gasteiger partial charge in [0, 0.05) is 24.1 Å². The highest BCUT2D eigenvalue weighted by atomic mass is 35.5. The van der Waals surface area contributed by atoms with Crippen molar-refractivity contribution in [3.8, 4) is 5.75 Å². The highest BCUT2D eigenvalue weighted by molar-refractivity contribution is 5.85. The van der Waals surface area contributed by atoms with Gasteiger partial charge >= 0.3 is 0 Å². The first kappa shape index (κ1) is 10.3. The molecular weight excluding hydrogens is 193 g/mol. The van der Waals surface area contributed by atoms with Gasteiger partial charge < -0.3 is 10.5 Å². The number of ether oxygens (including phenoxy) is 1. The molecule has 1 aromatic carbocycles. The van der Waals surface area contributed by atoms with Gasteiger partial charge in [0.1, 0.15) is 11.6 Å². The Morgan fingerprint density at radius 2 is 2.23 bits per heavy atom. The zero-order chi connectivity index (χ0) is 8.55. The lowest BCUT2D eigenvalue weighted by atomic mass is 10.0. The fourth-order valence-corrected chi connectivity index (χ4v) is 1.39. The number of hydrogen-bond donors (Lipinski definition) is 1. The van der Waals surface area contributed by atoms with Crippen LogP contribution in [0.3, 0.4) is 0 Å². The molecule has 0 spiro atoms. The molecule has 1 aliphatic heterocycles. The van der Waals surface area contributed by atoms with E-state index < -0.39 is 0 Å². The molecule has 1 unspecified atom stereocenters. The van der Waals surface area contributed by atoms with Gasteiger partial charge in [-0.15, -0.1) is 12.4 Å². The maximum absolute atomic E-state index is 12.7. The third kappa shape index (κ3) is 1.92. The van der Waals surface area contributed by atoms with Crippen molar-refractivity contribution in [1.82, 2.24) is 0 Å². The van der Waals surface area contributed by atoms with Crippen LogP contribution in [0.15, 0.2) is 18.2 Å². The second-order valence-corrected chi connectivity index (χ2v) is 2.93. The molecular formula is C9H11ClFNO. The molecule has 0 saturated carbocycles. The molecule has 0 radical (unpaired) electrons. The van der Waals surface area contributed by atoms with Gasteiger partial charge in [-0.25, -0.2) is 4.39 Å². The van der Waals surface area contributed by atoms with E-state index in [1.54, 1.807) is 6.07 Å². The lowest BCUT2D eigenvalue weighted by Crippen LogP contribution is -2.20. The minimum atomic E-state index is -0.275. The molecule has 1 aromatic rings. The molecule has 0 fully saturated rings. The largest absolute Gasteiger partial charge is 0.493 e. The molecule has 1 aliphatic rings. The number of benzene rings is 1. The van der Waals surface area contributed by atoms with Gasteiger partial charge in [-0.05, 0) is 6.07 Å². The number of rotatable bonds is 0. The number of hydrogen-bond acceptors (Lipinski definition) is 2. The van der Waals surface area contributed by atoms with Crippen molar-refractivity contribution in [1.29, 1.82) is 0 Å². The second kappa shape index (κ2) is 3.94. The Balaban J connectivity index is 0.000000845. The zero-order valence-corrected chi connectivity index (χ0v) is 7.81. The first-order valence-electron chi connectivity index (χ1n) is 3.95. The summed E-state index contributed by atoms with van der Waals surface area (Å²) in [5, 5.41) is 0. The molecule has 2 nitrogen and oxygen atoms in total. The Morgan fingerprint density at radius 3 is 3.00 bits per heavy atom. The van der Waals surface area contributed by atoms with Crippen molar-refractivity contribution in [2.45, 2.75) is 12.5 Å². The SMILES string of the molecule is Cl.NC1CCOc2cc(F)ccc21. The van der Waals surface area contributed by atoms with Crippen LogP contribution in [0.25, 0.3) is 0 Å². The van der Waals surface area contributed by atoms with Gasteiger partial charge in [0.25, 0.3) is 0 Å². The van der Waals surface area contributed by atoms with Crippen LogP contribution in [0.2, 0.25) is 0 Å². The summed E-state index contributed by atoms with van der Waals surface area (Å²) >= 11 is 0. The molecule has 72 valence electrons. The van der Waals surface area contributed by atoms with Crippen molar-refractivity contribution in [3.63, 3.8) is 0 Å². The Hall–Kier alpha value is -0.800. The normalized spacial score (nSPS) is 19.7. The van der Waals surface area contributed by atoms with Crippen LogP contribution in [0, 0.1) is 5.82 Å². The predicted molar refractivity (Wildman–Crippen MR) is 50.7 cm³/mol. The Kier molecular flexibility index (Phi) is 3.12. The summed E-state index contributed by atoms with van der Waals surface area (Å²) in [5.41, 5.74) is 6.70. The smallest absolute Gasteiger partial charge is 0.126 e. The van der Waals surface area contributed by atoms with E-state index in [-0.39, 0.29) is 24.3 Å². The van der Waals surface area contributed by atoms with Crippen LogP contribution < -0.4 is 10.5 Å². The van der Waals surface area contributed by atoms with Crippen LogP contribution in [0.5, 0.6) is 5.75 Å². The monoisotopic (exact) mass is 203 g/mol. The molecule has 13 heavy (non-hydrogen) atoms. The van der Waals surface area contributed by atoms with Gasteiger partial charge in [-0.1, -0.05) is 6.07 Å². The molecule has 2 N–H and O–H groups in total. The first-order valence-corrected chi connectivity index (χ1v) is 3.95. The minimum absolute atomic E-state index is 0. The zero-order valence-electron chi connectivity index (χ0n) is 7.00. The highest BCUT2D eigenvalue weighted by Gasteiger charge is 2.17. The third-order valence-corrected chi connectivity index (χ3v) is 2.06. The van der Waals surface area contributed by atoms with E-state index in [0.717, 1.165) is 12.0 Å². The maximum atomic E-state index is 12.7. The summed E-state index contributed by atoms with van der Waals surface area (Å²) in [4.78, 5) is 0. The van der Waals surface area contributed by atoms with Crippen molar-refractivity contribution in [3.05, 3.63) is 29.6 Å². The Bertz CT molecular complexity index is 306. The van der Waals surface area contributed by atoms with Gasteiger partial charge in [0.15, 0.2) is 0 Å². The van der Waals surface area contributed by atoms with Crippen molar-refractivity contribution in [2.24, 2.45) is 5.73 Å². The van der Waals surface area contributed by atoms with Crippen LogP contribution in [-0.4, -0.2) is 6.61 Å². The summed E-state index contributed by atoms with van der Waals surface area (Å²) in [6.45, 7) is 0.581. The molecule has 4 heteroatoms. The minimum Gasteiger partial charge on any atom is -0.493 e. The second-order valence-electron chi connectivity index (χ2n) is 2.93. The van der Waals surface area contributed by atoms with Crippen LogP contribution in [0.1, 0.15) is 18.0 Å². The summed E-state index contributed by atoms with van der Waals surface area (Å²) < 4.78 is 18.0. The topological polar surface area (TPSA) is 35.2 Å². The lowest BCUT2D eigenvalue weighted by Gasteiger charge is -2.22. The third-order valence-electron chi connectivity index (χ3n) is 2.06. The molecule has 1 heterocycles. The quantitative estimate of drug-likeness (QED) is 0.700. The average molecular weight is 204 g/mol. The van der Waals surface area contributed by atoms with E-state index >= 15 is 0 Å². The number of nitrogens with two attached hydrogens (primary N) is 1. The van der Waals surface area contributed by atoms with E-state index in [2.05, 4.69) is 0 Å². The first-order chi connectivity index (χ1) is 5.77. The van der Waals surface area contributed by atoms with E-state index in [4.69, 9.17) is 10.5 Å². The summed E-state index contributed by atoms with van der Waals surface area (Å²) in [6.07, 6.45) is 0.804. The van der Waals surface area contributed by atoms with Gasteiger partial charge in [0.05, 0.1) is 6.61 Å². The molecule has 0 aromatic heterocycles. The number of fused-ring (bicyclic) bond motifs is 1.